The number of hydrogen-bond donors (Lipinski definition) is 2. The number of aliphatic hydroxyl groups excluding tert-OH is 1. The van der Waals surface area contributed by atoms with Crippen molar-refractivity contribution in [2.75, 3.05) is 19.7 Å². The van der Waals surface area contributed by atoms with Crippen molar-refractivity contribution in [2.24, 2.45) is 5.41 Å². The molecule has 1 heterocycles. The molecular formula is C8H14F3NO. The van der Waals surface area contributed by atoms with Gasteiger partial charge in [-0.3, -0.25) is 0 Å². The summed E-state index contributed by atoms with van der Waals surface area (Å²) in [4.78, 5) is 0. The molecule has 0 aliphatic carbocycles. The average molecular weight is 197 g/mol. The average Bonchev–Trinajstić information content (AvgIpc) is 2.03. The number of rotatable bonds is 2. The van der Waals surface area contributed by atoms with Crippen LogP contribution in [0.15, 0.2) is 0 Å². The van der Waals surface area contributed by atoms with Gasteiger partial charge in [0.05, 0.1) is 6.42 Å². The molecule has 78 valence electrons. The summed E-state index contributed by atoms with van der Waals surface area (Å²) in [5, 5.41) is 12.0. The lowest BCUT2D eigenvalue weighted by Crippen LogP contribution is -2.41. The number of halogens is 3. The Morgan fingerprint density at radius 2 is 1.77 bits per heavy atom. The lowest BCUT2D eigenvalue weighted by Gasteiger charge is -2.36. The first-order valence-corrected chi connectivity index (χ1v) is 4.36. The maximum atomic E-state index is 12.1. The van der Waals surface area contributed by atoms with Gasteiger partial charge in [-0.05, 0) is 25.9 Å². The highest BCUT2D eigenvalue weighted by molar-refractivity contribution is 4.86. The van der Waals surface area contributed by atoms with Crippen molar-refractivity contribution >= 4 is 0 Å². The van der Waals surface area contributed by atoms with E-state index in [4.69, 9.17) is 5.11 Å². The van der Waals surface area contributed by atoms with Gasteiger partial charge in [0.25, 0.3) is 0 Å². The van der Waals surface area contributed by atoms with Gasteiger partial charge < -0.3 is 10.4 Å². The van der Waals surface area contributed by atoms with Crippen LogP contribution in [0.3, 0.4) is 0 Å². The Hall–Kier alpha value is -0.290. The molecule has 1 fully saturated rings. The highest BCUT2D eigenvalue weighted by Crippen LogP contribution is 2.39. The topological polar surface area (TPSA) is 32.3 Å². The van der Waals surface area contributed by atoms with Crippen molar-refractivity contribution < 1.29 is 18.3 Å². The first kappa shape index (κ1) is 10.8. The summed E-state index contributed by atoms with van der Waals surface area (Å²) < 4.78 is 36.4. The molecule has 1 aliphatic heterocycles. The second-order valence-electron chi connectivity index (χ2n) is 3.70. The number of nitrogens with one attached hydrogen (secondary N) is 1. The predicted octanol–water partition coefficient (Wildman–Crippen LogP) is 1.30. The lowest BCUT2D eigenvalue weighted by molar-refractivity contribution is -0.167. The maximum Gasteiger partial charge on any atom is 0.389 e. The molecule has 0 atom stereocenters. The monoisotopic (exact) mass is 197 g/mol. The van der Waals surface area contributed by atoms with Crippen molar-refractivity contribution in [2.45, 2.75) is 25.4 Å². The van der Waals surface area contributed by atoms with Gasteiger partial charge in [-0.25, -0.2) is 0 Å². The van der Waals surface area contributed by atoms with Gasteiger partial charge >= 0.3 is 6.18 Å². The third-order valence-corrected chi connectivity index (χ3v) is 2.58. The van der Waals surface area contributed by atoms with E-state index in [1.54, 1.807) is 0 Å². The van der Waals surface area contributed by atoms with E-state index < -0.39 is 18.0 Å². The van der Waals surface area contributed by atoms with Crippen molar-refractivity contribution in [1.29, 1.82) is 0 Å². The van der Waals surface area contributed by atoms with Gasteiger partial charge in [-0.1, -0.05) is 0 Å². The van der Waals surface area contributed by atoms with Gasteiger partial charge in [0.2, 0.25) is 0 Å². The second kappa shape index (κ2) is 3.84. The van der Waals surface area contributed by atoms with E-state index in [9.17, 15) is 13.2 Å². The Balaban J connectivity index is 2.57. The van der Waals surface area contributed by atoms with Crippen LogP contribution < -0.4 is 5.32 Å². The molecule has 1 rings (SSSR count). The van der Waals surface area contributed by atoms with E-state index in [1.807, 2.05) is 0 Å². The van der Waals surface area contributed by atoms with Crippen molar-refractivity contribution in [3.05, 3.63) is 0 Å². The maximum absolute atomic E-state index is 12.1. The minimum atomic E-state index is -4.17. The van der Waals surface area contributed by atoms with E-state index in [1.165, 1.54) is 0 Å². The van der Waals surface area contributed by atoms with Crippen LogP contribution in [0.4, 0.5) is 13.2 Å². The Labute approximate surface area is 75.1 Å². The van der Waals surface area contributed by atoms with Gasteiger partial charge in [-0.15, -0.1) is 0 Å². The van der Waals surface area contributed by atoms with Crippen molar-refractivity contribution in [3.63, 3.8) is 0 Å². The molecule has 0 amide bonds. The summed E-state index contributed by atoms with van der Waals surface area (Å²) in [6, 6.07) is 0. The fourth-order valence-electron chi connectivity index (χ4n) is 1.77. The molecule has 0 bridgehead atoms. The third-order valence-electron chi connectivity index (χ3n) is 2.58. The Bertz CT molecular complexity index is 163. The number of hydrogen-bond acceptors (Lipinski definition) is 2. The Kier molecular flexibility index (Phi) is 3.18. The van der Waals surface area contributed by atoms with Crippen molar-refractivity contribution in [3.8, 4) is 0 Å². The number of alkyl halides is 3. The molecule has 1 saturated heterocycles. The van der Waals surface area contributed by atoms with Gasteiger partial charge in [-0.2, -0.15) is 13.2 Å². The summed E-state index contributed by atoms with van der Waals surface area (Å²) >= 11 is 0. The largest absolute Gasteiger partial charge is 0.396 e. The van der Waals surface area contributed by atoms with E-state index >= 15 is 0 Å². The zero-order chi connectivity index (χ0) is 9.95. The molecule has 0 aromatic heterocycles. The molecule has 2 nitrogen and oxygen atoms in total. The van der Waals surface area contributed by atoms with E-state index in [0.717, 1.165) is 0 Å². The van der Waals surface area contributed by atoms with Crippen LogP contribution in [0.25, 0.3) is 0 Å². The zero-order valence-corrected chi connectivity index (χ0v) is 7.32. The van der Waals surface area contributed by atoms with Crippen LogP contribution in [0.1, 0.15) is 19.3 Å². The van der Waals surface area contributed by atoms with Crippen LogP contribution in [0.5, 0.6) is 0 Å². The Morgan fingerprint density at radius 1 is 1.23 bits per heavy atom. The molecule has 0 aromatic carbocycles. The third kappa shape index (κ3) is 3.15. The van der Waals surface area contributed by atoms with Gasteiger partial charge in [0.1, 0.15) is 0 Å². The summed E-state index contributed by atoms with van der Waals surface area (Å²) in [6.45, 7) is 0.765. The minimum absolute atomic E-state index is 0.367. The molecule has 5 heteroatoms. The first-order valence-electron chi connectivity index (χ1n) is 4.36. The van der Waals surface area contributed by atoms with E-state index in [-0.39, 0.29) is 6.61 Å². The Morgan fingerprint density at radius 3 is 2.15 bits per heavy atom. The normalized spacial score (nSPS) is 23.1. The summed E-state index contributed by atoms with van der Waals surface area (Å²) in [7, 11) is 0. The van der Waals surface area contributed by atoms with Crippen LogP contribution in [0, 0.1) is 5.41 Å². The molecular weight excluding hydrogens is 183 g/mol. The van der Waals surface area contributed by atoms with Gasteiger partial charge in [0.15, 0.2) is 0 Å². The van der Waals surface area contributed by atoms with Crippen molar-refractivity contribution in [1.82, 2.24) is 5.32 Å². The fraction of sp³-hybridized carbons (Fsp3) is 1.00. The molecule has 0 spiro atoms. The molecule has 0 saturated carbocycles. The minimum Gasteiger partial charge on any atom is -0.396 e. The second-order valence-corrected chi connectivity index (χ2v) is 3.70. The predicted molar refractivity (Wildman–Crippen MR) is 42.3 cm³/mol. The fourth-order valence-corrected chi connectivity index (χ4v) is 1.77. The lowest BCUT2D eigenvalue weighted by atomic mass is 9.77. The van der Waals surface area contributed by atoms with E-state index in [0.29, 0.717) is 25.9 Å². The number of aliphatic hydroxyl groups is 1. The molecule has 0 aromatic rings. The highest BCUT2D eigenvalue weighted by atomic mass is 19.4. The molecule has 0 radical (unpaired) electrons. The number of piperidine rings is 1. The molecule has 2 N–H and O–H groups in total. The van der Waals surface area contributed by atoms with Crippen LogP contribution >= 0.6 is 0 Å². The standard InChI is InChI=1S/C8H14F3NO/c9-8(10,11)5-7(6-13)1-3-12-4-2-7/h12-13H,1-6H2. The zero-order valence-electron chi connectivity index (χ0n) is 7.32. The highest BCUT2D eigenvalue weighted by Gasteiger charge is 2.42. The molecule has 1 aliphatic rings. The summed E-state index contributed by atoms with van der Waals surface area (Å²) in [5.41, 5.74) is -0.927. The van der Waals surface area contributed by atoms with Gasteiger partial charge in [0, 0.05) is 12.0 Å². The van der Waals surface area contributed by atoms with Crippen LogP contribution in [0.2, 0.25) is 0 Å². The summed E-state index contributed by atoms with van der Waals surface area (Å²) in [6.07, 6.45) is -4.22. The molecule has 0 unspecified atom stereocenters. The molecule has 13 heavy (non-hydrogen) atoms. The smallest absolute Gasteiger partial charge is 0.389 e. The van der Waals surface area contributed by atoms with Crippen LogP contribution in [-0.2, 0) is 0 Å². The SMILES string of the molecule is OCC1(CC(F)(F)F)CCNCC1. The first-order chi connectivity index (χ1) is 5.97. The summed E-state index contributed by atoms with van der Waals surface area (Å²) in [5.74, 6) is 0. The van der Waals surface area contributed by atoms with Crippen LogP contribution in [-0.4, -0.2) is 31.0 Å². The quantitative estimate of drug-likeness (QED) is 0.699. The van der Waals surface area contributed by atoms with E-state index in [2.05, 4.69) is 5.32 Å².